The van der Waals surface area contributed by atoms with Crippen LogP contribution in [0.15, 0.2) is 11.1 Å². The number of hydrogen-bond acceptors (Lipinski definition) is 8. The van der Waals surface area contributed by atoms with Crippen LogP contribution < -0.4 is 11.4 Å². The Morgan fingerprint density at radius 3 is 2.76 bits per heavy atom. The number of carbonyl (C=O) groups is 1. The first-order valence-electron chi connectivity index (χ1n) is 8.67. The van der Waals surface area contributed by atoms with Crippen molar-refractivity contribution in [1.29, 1.82) is 0 Å². The van der Waals surface area contributed by atoms with E-state index in [4.69, 9.17) is 15.2 Å². The minimum atomic E-state index is -0.849. The van der Waals surface area contributed by atoms with Crippen LogP contribution in [0.4, 0.5) is 5.95 Å². The highest BCUT2D eigenvalue weighted by atomic mass is 16.6. The second kappa shape index (κ2) is 8.91. The van der Waals surface area contributed by atoms with Gasteiger partial charge < -0.3 is 20.3 Å². The third-order valence-corrected chi connectivity index (χ3v) is 4.26. The van der Waals surface area contributed by atoms with Gasteiger partial charge in [-0.05, 0) is 12.8 Å². The topological polar surface area (TPSA) is 130 Å². The molecule has 1 aliphatic heterocycles. The molecule has 0 aliphatic carbocycles. The van der Waals surface area contributed by atoms with Gasteiger partial charge in [0.2, 0.25) is 5.95 Å². The lowest BCUT2D eigenvalue weighted by molar-refractivity contribution is -0.155. The molecule has 25 heavy (non-hydrogen) atoms. The van der Waals surface area contributed by atoms with Crippen LogP contribution in [-0.4, -0.2) is 44.4 Å². The Labute approximate surface area is 146 Å². The zero-order valence-electron chi connectivity index (χ0n) is 14.6. The molecule has 0 amide bonds. The molecule has 1 saturated heterocycles. The molecule has 2 heterocycles. The second-order valence-corrected chi connectivity index (χ2v) is 6.24. The molecule has 0 spiro atoms. The maximum absolute atomic E-state index is 12.2. The van der Waals surface area contributed by atoms with Crippen LogP contribution in [0.5, 0.6) is 0 Å². The predicted molar refractivity (Wildman–Crippen MR) is 89.5 cm³/mol. The smallest absolute Gasteiger partial charge is 0.354 e. The summed E-state index contributed by atoms with van der Waals surface area (Å²) < 4.78 is 12.1. The van der Waals surface area contributed by atoms with Crippen LogP contribution in [0.1, 0.15) is 52.2 Å². The van der Waals surface area contributed by atoms with Crippen molar-refractivity contribution in [2.75, 3.05) is 12.3 Å². The minimum absolute atomic E-state index is 0.0506. The maximum Gasteiger partial charge on any atom is 0.354 e. The number of nitrogens with zero attached hydrogens (tertiary/aromatic N) is 3. The van der Waals surface area contributed by atoms with Crippen LogP contribution in [0, 0.1) is 5.92 Å². The number of carbonyl (C=O) groups excluding carboxylic acids is 1. The van der Waals surface area contributed by atoms with Crippen molar-refractivity contribution in [2.24, 2.45) is 5.92 Å². The molecule has 3 N–H and O–H groups in total. The van der Waals surface area contributed by atoms with Gasteiger partial charge in [0.15, 0.2) is 0 Å². The third kappa shape index (κ3) is 4.99. The molecular weight excluding hydrogens is 328 g/mol. The molecule has 0 unspecified atom stereocenters. The lowest BCUT2D eigenvalue weighted by Gasteiger charge is -2.18. The first kappa shape index (κ1) is 19.3. The van der Waals surface area contributed by atoms with E-state index < -0.39 is 24.1 Å². The van der Waals surface area contributed by atoms with E-state index in [9.17, 15) is 14.7 Å². The van der Waals surface area contributed by atoms with E-state index in [1.807, 2.05) is 13.8 Å². The molecule has 0 radical (unpaired) electrons. The van der Waals surface area contributed by atoms with Gasteiger partial charge in [-0.1, -0.05) is 26.7 Å². The summed E-state index contributed by atoms with van der Waals surface area (Å²) in [5, 5.41) is 10.1. The number of ether oxygens (including phenoxy) is 2. The number of hydrogen-bond donors (Lipinski definition) is 2. The maximum atomic E-state index is 12.2. The summed E-state index contributed by atoms with van der Waals surface area (Å²) in [6.07, 6.45) is 2.53. The van der Waals surface area contributed by atoms with Crippen LogP contribution >= 0.6 is 0 Å². The van der Waals surface area contributed by atoms with Crippen molar-refractivity contribution in [3.05, 3.63) is 16.8 Å². The highest BCUT2D eigenvalue weighted by Crippen LogP contribution is 2.28. The molecule has 0 bridgehead atoms. The Morgan fingerprint density at radius 1 is 1.48 bits per heavy atom. The van der Waals surface area contributed by atoms with Gasteiger partial charge in [0.05, 0.1) is 12.0 Å². The average molecular weight is 354 g/mol. The fraction of sp³-hybridized carbons (Fsp3) is 0.750. The summed E-state index contributed by atoms with van der Waals surface area (Å²) in [5.74, 6) is -0.517. The van der Waals surface area contributed by atoms with E-state index >= 15 is 0 Å². The van der Waals surface area contributed by atoms with Crippen molar-refractivity contribution in [3.63, 3.8) is 0 Å². The minimum Gasteiger partial charge on any atom is -0.463 e. The van der Waals surface area contributed by atoms with Gasteiger partial charge in [-0.15, -0.1) is 0 Å². The molecule has 1 aromatic heterocycles. The van der Waals surface area contributed by atoms with E-state index in [1.54, 1.807) is 0 Å². The van der Waals surface area contributed by atoms with Crippen LogP contribution in [-0.2, 0) is 14.3 Å². The Balaban J connectivity index is 1.93. The molecule has 9 nitrogen and oxygen atoms in total. The lowest BCUT2D eigenvalue weighted by Crippen LogP contribution is -2.31. The summed E-state index contributed by atoms with van der Waals surface area (Å²) in [5.41, 5.74) is 4.75. The van der Waals surface area contributed by atoms with Gasteiger partial charge in [-0.25, -0.2) is 9.78 Å². The monoisotopic (exact) mass is 354 g/mol. The van der Waals surface area contributed by atoms with Gasteiger partial charge in [0.1, 0.15) is 25.3 Å². The number of nitrogens with two attached hydrogens (primary N) is 1. The SMILES string of the molecule is CCCC(CCC)C(=O)OC[C@H]1O[C@@H](n2cnc(N)nc2=O)C[C@@H]1O. The van der Waals surface area contributed by atoms with Crippen molar-refractivity contribution < 1.29 is 19.4 Å². The van der Waals surface area contributed by atoms with Crippen molar-refractivity contribution in [3.8, 4) is 0 Å². The zero-order valence-corrected chi connectivity index (χ0v) is 14.6. The third-order valence-electron chi connectivity index (χ3n) is 4.26. The Morgan fingerprint density at radius 2 is 2.16 bits per heavy atom. The molecule has 3 atom stereocenters. The highest BCUT2D eigenvalue weighted by molar-refractivity contribution is 5.72. The largest absolute Gasteiger partial charge is 0.463 e. The molecule has 2 rings (SSSR count). The fourth-order valence-electron chi connectivity index (χ4n) is 2.95. The number of nitrogen functional groups attached to an aromatic ring is 1. The molecule has 9 heteroatoms. The van der Waals surface area contributed by atoms with Crippen molar-refractivity contribution >= 4 is 11.9 Å². The van der Waals surface area contributed by atoms with Gasteiger partial charge in [0.25, 0.3) is 0 Å². The number of aliphatic hydroxyl groups excluding tert-OH is 1. The average Bonchev–Trinajstić information content (AvgIpc) is 2.93. The van der Waals surface area contributed by atoms with Crippen molar-refractivity contribution in [1.82, 2.24) is 14.5 Å². The summed E-state index contributed by atoms with van der Waals surface area (Å²) in [6.45, 7) is 4.00. The standard InChI is InChI=1S/C16H26N4O5/c1-3-5-10(6-4-2)14(22)24-8-12-11(21)7-13(25-12)20-9-18-15(17)19-16(20)23/h9-13,21H,3-8H2,1-2H3,(H2,17,19,23)/t11-,12+,13+/m0/s1. The van der Waals surface area contributed by atoms with Crippen molar-refractivity contribution in [2.45, 2.75) is 64.4 Å². The number of esters is 1. The first-order valence-corrected chi connectivity index (χ1v) is 8.67. The van der Waals surface area contributed by atoms with E-state index in [1.165, 1.54) is 10.9 Å². The number of anilines is 1. The molecule has 1 aliphatic rings. The summed E-state index contributed by atoms with van der Waals surface area (Å²) >= 11 is 0. The van der Waals surface area contributed by atoms with Crippen LogP contribution in [0.2, 0.25) is 0 Å². The van der Waals surface area contributed by atoms with E-state index in [2.05, 4.69) is 9.97 Å². The van der Waals surface area contributed by atoms with E-state index in [0.29, 0.717) is 0 Å². The summed E-state index contributed by atoms with van der Waals surface area (Å²) in [6, 6.07) is 0. The molecule has 1 fully saturated rings. The lowest BCUT2D eigenvalue weighted by atomic mass is 9.99. The predicted octanol–water partition coefficient (Wildman–Crippen LogP) is 0.629. The zero-order chi connectivity index (χ0) is 18.4. The van der Waals surface area contributed by atoms with Crippen LogP contribution in [0.25, 0.3) is 0 Å². The fourth-order valence-corrected chi connectivity index (χ4v) is 2.95. The number of aromatic nitrogens is 3. The first-order chi connectivity index (χ1) is 12.0. The van der Waals surface area contributed by atoms with E-state index in [-0.39, 0.29) is 30.9 Å². The number of rotatable bonds is 8. The molecule has 1 aromatic rings. The van der Waals surface area contributed by atoms with Gasteiger partial charge in [-0.3, -0.25) is 9.36 Å². The molecule has 0 saturated carbocycles. The number of aliphatic hydroxyl groups is 1. The van der Waals surface area contributed by atoms with E-state index in [0.717, 1.165) is 25.7 Å². The van der Waals surface area contributed by atoms with Gasteiger partial charge >= 0.3 is 11.7 Å². The Bertz CT molecular complexity index is 629. The highest BCUT2D eigenvalue weighted by Gasteiger charge is 2.36. The van der Waals surface area contributed by atoms with Crippen LogP contribution in [0.3, 0.4) is 0 Å². The van der Waals surface area contributed by atoms with Gasteiger partial charge in [0, 0.05) is 6.42 Å². The quantitative estimate of drug-likeness (QED) is 0.650. The summed E-state index contributed by atoms with van der Waals surface area (Å²) in [7, 11) is 0. The molecular formula is C16H26N4O5. The normalized spacial score (nSPS) is 23.1. The molecule has 140 valence electrons. The van der Waals surface area contributed by atoms with Gasteiger partial charge in [-0.2, -0.15) is 4.98 Å². The second-order valence-electron chi connectivity index (χ2n) is 6.24. The Kier molecular flexibility index (Phi) is 6.89. The Hall–Kier alpha value is -2.00. The molecule has 0 aromatic carbocycles. The summed E-state index contributed by atoms with van der Waals surface area (Å²) in [4.78, 5) is 31.3.